The molecule has 1 unspecified atom stereocenters. The highest BCUT2D eigenvalue weighted by Crippen LogP contribution is 2.25. The number of rotatable bonds is 5. The zero-order valence-corrected chi connectivity index (χ0v) is 12.0. The number of hydrogen-bond donors (Lipinski definition) is 1. The largest absolute Gasteiger partial charge is 0.497 e. The second-order valence-electron chi connectivity index (χ2n) is 4.42. The van der Waals surface area contributed by atoms with Crippen LogP contribution in [0.2, 0.25) is 0 Å². The molecule has 1 aromatic carbocycles. The van der Waals surface area contributed by atoms with E-state index in [1.165, 1.54) is 4.90 Å². The molecule has 21 heavy (non-hydrogen) atoms. The van der Waals surface area contributed by atoms with Gasteiger partial charge in [0.25, 0.3) is 0 Å². The molecule has 0 aliphatic carbocycles. The van der Waals surface area contributed by atoms with Gasteiger partial charge in [-0.05, 0) is 19.1 Å². The molecule has 0 saturated carbocycles. The molecule has 1 aliphatic heterocycles. The van der Waals surface area contributed by atoms with Gasteiger partial charge in [-0.25, -0.2) is 9.59 Å². The smallest absolute Gasteiger partial charge is 0.414 e. The van der Waals surface area contributed by atoms with Crippen LogP contribution >= 0.6 is 0 Å². The summed E-state index contributed by atoms with van der Waals surface area (Å²) in [6.07, 6.45) is -1.37. The van der Waals surface area contributed by atoms with Gasteiger partial charge < -0.3 is 19.5 Å². The molecule has 0 spiro atoms. The quantitative estimate of drug-likeness (QED) is 0.895. The average molecular weight is 294 g/mol. The van der Waals surface area contributed by atoms with Crippen molar-refractivity contribution >= 4 is 17.9 Å². The van der Waals surface area contributed by atoms with Crippen LogP contribution in [-0.4, -0.2) is 45.1 Å². The third-order valence-electron chi connectivity index (χ3n) is 2.99. The number of nitrogens with one attached hydrogen (secondary N) is 1. The highest BCUT2D eigenvalue weighted by molar-refractivity contribution is 5.90. The molecule has 7 heteroatoms. The normalized spacial score (nSPS) is 17.3. The van der Waals surface area contributed by atoms with Crippen LogP contribution < -0.4 is 15.0 Å². The molecule has 1 saturated heterocycles. The predicted molar refractivity (Wildman–Crippen MR) is 75.6 cm³/mol. The molecule has 1 heterocycles. The van der Waals surface area contributed by atoms with Crippen molar-refractivity contribution in [3.63, 3.8) is 0 Å². The fourth-order valence-electron chi connectivity index (χ4n) is 2.00. The molecular formula is C14H18N2O5. The second kappa shape index (κ2) is 6.83. The summed E-state index contributed by atoms with van der Waals surface area (Å²) in [5, 5.41) is 2.55. The Hall–Kier alpha value is -2.44. The van der Waals surface area contributed by atoms with Crippen molar-refractivity contribution in [3.8, 4) is 5.75 Å². The summed E-state index contributed by atoms with van der Waals surface area (Å²) in [5.41, 5.74) is 0.693. The minimum atomic E-state index is -0.520. The first-order valence-electron chi connectivity index (χ1n) is 6.67. The lowest BCUT2D eigenvalue weighted by Crippen LogP contribution is -2.34. The molecule has 1 fully saturated rings. The van der Waals surface area contributed by atoms with Crippen molar-refractivity contribution in [2.75, 3.05) is 31.7 Å². The monoisotopic (exact) mass is 294 g/mol. The number of cyclic esters (lactones) is 1. The standard InChI is InChI=1S/C14H18N2O5/c1-3-20-13(17)15-8-12-9-16(14(18)21-12)10-5-4-6-11(7-10)19-2/h4-7,12H,3,8-9H2,1-2H3,(H,15,17). The van der Waals surface area contributed by atoms with Gasteiger partial charge in [-0.3, -0.25) is 4.90 Å². The Morgan fingerprint density at radius 1 is 1.52 bits per heavy atom. The first-order valence-corrected chi connectivity index (χ1v) is 6.67. The van der Waals surface area contributed by atoms with Crippen molar-refractivity contribution in [3.05, 3.63) is 24.3 Å². The van der Waals surface area contributed by atoms with E-state index in [4.69, 9.17) is 14.2 Å². The number of carbonyl (C=O) groups excluding carboxylic acids is 2. The summed E-state index contributed by atoms with van der Waals surface area (Å²) >= 11 is 0. The Morgan fingerprint density at radius 2 is 2.33 bits per heavy atom. The zero-order chi connectivity index (χ0) is 15.2. The summed E-state index contributed by atoms with van der Waals surface area (Å²) in [7, 11) is 1.56. The number of hydrogen-bond acceptors (Lipinski definition) is 5. The van der Waals surface area contributed by atoms with Crippen LogP contribution in [-0.2, 0) is 9.47 Å². The predicted octanol–water partition coefficient (Wildman–Crippen LogP) is 1.77. The van der Waals surface area contributed by atoms with Crippen molar-refractivity contribution in [1.82, 2.24) is 5.32 Å². The molecule has 1 atom stereocenters. The molecule has 1 aromatic rings. The fourth-order valence-corrected chi connectivity index (χ4v) is 2.00. The number of alkyl carbamates (subject to hydrolysis) is 1. The van der Waals surface area contributed by atoms with Gasteiger partial charge >= 0.3 is 12.2 Å². The van der Waals surface area contributed by atoms with E-state index >= 15 is 0 Å². The molecule has 0 radical (unpaired) electrons. The minimum Gasteiger partial charge on any atom is -0.497 e. The van der Waals surface area contributed by atoms with Gasteiger partial charge in [0.15, 0.2) is 0 Å². The van der Waals surface area contributed by atoms with E-state index < -0.39 is 18.3 Å². The van der Waals surface area contributed by atoms with Crippen LogP contribution in [0.5, 0.6) is 5.75 Å². The third kappa shape index (κ3) is 3.77. The molecular weight excluding hydrogens is 276 g/mol. The van der Waals surface area contributed by atoms with Gasteiger partial charge in [-0.2, -0.15) is 0 Å². The Bertz CT molecular complexity index is 520. The first-order chi connectivity index (χ1) is 10.1. The number of anilines is 1. The zero-order valence-electron chi connectivity index (χ0n) is 12.0. The van der Waals surface area contributed by atoms with Crippen molar-refractivity contribution < 1.29 is 23.8 Å². The van der Waals surface area contributed by atoms with E-state index in [-0.39, 0.29) is 6.54 Å². The number of benzene rings is 1. The van der Waals surface area contributed by atoms with Crippen LogP contribution in [0.25, 0.3) is 0 Å². The van der Waals surface area contributed by atoms with E-state index in [1.807, 2.05) is 0 Å². The number of carbonyl (C=O) groups is 2. The Kier molecular flexibility index (Phi) is 4.86. The number of methoxy groups -OCH3 is 1. The van der Waals surface area contributed by atoms with Crippen molar-refractivity contribution in [1.29, 1.82) is 0 Å². The van der Waals surface area contributed by atoms with Gasteiger partial charge in [0.05, 0.1) is 32.5 Å². The molecule has 1 N–H and O–H groups in total. The van der Waals surface area contributed by atoms with Crippen LogP contribution in [0.1, 0.15) is 6.92 Å². The highest BCUT2D eigenvalue weighted by Gasteiger charge is 2.32. The van der Waals surface area contributed by atoms with Crippen LogP contribution in [0.3, 0.4) is 0 Å². The third-order valence-corrected chi connectivity index (χ3v) is 2.99. The second-order valence-corrected chi connectivity index (χ2v) is 4.42. The number of amides is 2. The average Bonchev–Trinajstić information content (AvgIpc) is 2.87. The summed E-state index contributed by atoms with van der Waals surface area (Å²) in [5.74, 6) is 0.661. The number of ether oxygens (including phenoxy) is 3. The lowest BCUT2D eigenvalue weighted by molar-refractivity contribution is 0.127. The van der Waals surface area contributed by atoms with E-state index in [0.717, 1.165) is 0 Å². The summed E-state index contributed by atoms with van der Waals surface area (Å²) < 4.78 is 15.1. The van der Waals surface area contributed by atoms with E-state index in [2.05, 4.69) is 5.32 Å². The van der Waals surface area contributed by atoms with Gasteiger partial charge in [-0.15, -0.1) is 0 Å². The Morgan fingerprint density at radius 3 is 3.05 bits per heavy atom. The van der Waals surface area contributed by atoms with Gasteiger partial charge in [0, 0.05) is 6.07 Å². The fraction of sp³-hybridized carbons (Fsp3) is 0.429. The highest BCUT2D eigenvalue weighted by atomic mass is 16.6. The summed E-state index contributed by atoms with van der Waals surface area (Å²) in [4.78, 5) is 24.6. The van der Waals surface area contributed by atoms with E-state index in [1.54, 1.807) is 38.3 Å². The summed E-state index contributed by atoms with van der Waals surface area (Å²) in [6.45, 7) is 2.59. The lowest BCUT2D eigenvalue weighted by atomic mass is 10.2. The van der Waals surface area contributed by atoms with Gasteiger partial charge in [0.2, 0.25) is 0 Å². The van der Waals surface area contributed by atoms with E-state index in [0.29, 0.717) is 24.6 Å². The van der Waals surface area contributed by atoms with Crippen LogP contribution in [0.15, 0.2) is 24.3 Å². The van der Waals surface area contributed by atoms with Crippen LogP contribution in [0.4, 0.5) is 15.3 Å². The Balaban J connectivity index is 1.94. The number of nitrogens with zero attached hydrogens (tertiary/aromatic N) is 1. The van der Waals surface area contributed by atoms with Gasteiger partial charge in [-0.1, -0.05) is 6.07 Å². The molecule has 1 aliphatic rings. The maximum absolute atomic E-state index is 11.9. The topological polar surface area (TPSA) is 77.1 Å². The Labute approximate surface area is 122 Å². The SMILES string of the molecule is CCOC(=O)NCC1CN(c2cccc(OC)c2)C(=O)O1. The van der Waals surface area contributed by atoms with Crippen molar-refractivity contribution in [2.24, 2.45) is 0 Å². The molecule has 0 aromatic heterocycles. The maximum atomic E-state index is 11.9. The van der Waals surface area contributed by atoms with E-state index in [9.17, 15) is 9.59 Å². The molecule has 2 rings (SSSR count). The minimum absolute atomic E-state index is 0.213. The summed E-state index contributed by atoms with van der Waals surface area (Å²) in [6, 6.07) is 7.14. The van der Waals surface area contributed by atoms with Crippen molar-refractivity contribution in [2.45, 2.75) is 13.0 Å². The molecule has 2 amide bonds. The molecule has 0 bridgehead atoms. The van der Waals surface area contributed by atoms with Crippen LogP contribution in [0, 0.1) is 0 Å². The van der Waals surface area contributed by atoms with Gasteiger partial charge in [0.1, 0.15) is 11.9 Å². The molecule has 114 valence electrons. The maximum Gasteiger partial charge on any atom is 0.414 e. The first kappa shape index (κ1) is 15.0. The molecule has 7 nitrogen and oxygen atoms in total. The lowest BCUT2D eigenvalue weighted by Gasteiger charge is -2.14.